The van der Waals surface area contributed by atoms with Gasteiger partial charge in [0.2, 0.25) is 6.79 Å². The Morgan fingerprint density at radius 1 is 0.885 bits per heavy atom. The predicted octanol–water partition coefficient (Wildman–Crippen LogP) is 3.26. The summed E-state index contributed by atoms with van der Waals surface area (Å²) in [6.07, 6.45) is 2.08. The molecule has 0 aromatic heterocycles. The summed E-state index contributed by atoms with van der Waals surface area (Å²) in [5, 5.41) is 0. The van der Waals surface area contributed by atoms with Gasteiger partial charge in [0.25, 0.3) is 0 Å². The molecule has 0 radical (unpaired) electrons. The minimum atomic E-state index is 0.333. The van der Waals surface area contributed by atoms with Gasteiger partial charge in [0, 0.05) is 18.6 Å². The summed E-state index contributed by atoms with van der Waals surface area (Å²) in [5.74, 6) is 4.07. The third kappa shape index (κ3) is 1.79. The van der Waals surface area contributed by atoms with Gasteiger partial charge in [0.15, 0.2) is 23.0 Å². The van der Waals surface area contributed by atoms with Crippen molar-refractivity contribution in [2.75, 3.05) is 27.6 Å². The number of hydrogen-bond acceptors (Lipinski definition) is 5. The zero-order chi connectivity index (χ0) is 17.4. The Labute approximate surface area is 152 Å². The smallest absolute Gasteiger partial charge is 0.231 e. The molecule has 0 saturated carbocycles. The minimum absolute atomic E-state index is 0.333. The second-order valence-corrected chi connectivity index (χ2v) is 7.64. The van der Waals surface area contributed by atoms with Crippen LogP contribution in [-0.2, 0) is 12.8 Å². The molecular formula is C21H21NO4. The van der Waals surface area contributed by atoms with Crippen LogP contribution in [-0.4, -0.2) is 32.5 Å². The molecule has 4 atom stereocenters. The highest BCUT2D eigenvalue weighted by Gasteiger charge is 2.51. The van der Waals surface area contributed by atoms with Gasteiger partial charge in [0.05, 0.1) is 14.2 Å². The molecule has 2 aromatic rings. The fourth-order valence-electron chi connectivity index (χ4n) is 5.32. The SMILES string of the molecule is COc1cc2c(cc1OC)[C@@H]1Cc3cc4c(cc3[C@@H]3[C@H](C2)CN31)OCO4. The number of nitrogens with zero attached hydrogens (tertiary/aromatic N) is 1. The zero-order valence-corrected chi connectivity index (χ0v) is 15.0. The van der Waals surface area contributed by atoms with Gasteiger partial charge < -0.3 is 18.9 Å². The lowest BCUT2D eigenvalue weighted by Gasteiger charge is -2.54. The van der Waals surface area contributed by atoms with Crippen molar-refractivity contribution in [1.82, 2.24) is 4.90 Å². The van der Waals surface area contributed by atoms with Gasteiger partial charge in [0.1, 0.15) is 0 Å². The molecule has 26 heavy (non-hydrogen) atoms. The molecule has 6 rings (SSSR count). The van der Waals surface area contributed by atoms with Crippen LogP contribution in [0.5, 0.6) is 23.0 Å². The Morgan fingerprint density at radius 3 is 2.42 bits per heavy atom. The van der Waals surface area contributed by atoms with E-state index in [1.807, 2.05) is 0 Å². The van der Waals surface area contributed by atoms with E-state index in [0.29, 0.717) is 24.8 Å². The van der Waals surface area contributed by atoms with Crippen molar-refractivity contribution in [3.63, 3.8) is 0 Å². The number of benzene rings is 2. The second kappa shape index (κ2) is 5.07. The fourth-order valence-corrected chi connectivity index (χ4v) is 5.32. The van der Waals surface area contributed by atoms with E-state index in [0.717, 1.165) is 42.4 Å². The van der Waals surface area contributed by atoms with Gasteiger partial charge in [-0.05, 0) is 65.3 Å². The van der Waals surface area contributed by atoms with Crippen molar-refractivity contribution in [2.45, 2.75) is 24.9 Å². The van der Waals surface area contributed by atoms with Crippen molar-refractivity contribution in [3.8, 4) is 23.0 Å². The molecular weight excluding hydrogens is 330 g/mol. The van der Waals surface area contributed by atoms with E-state index in [1.54, 1.807) is 14.2 Å². The van der Waals surface area contributed by atoms with Crippen molar-refractivity contribution < 1.29 is 18.9 Å². The van der Waals surface area contributed by atoms with Crippen LogP contribution in [0.3, 0.4) is 0 Å². The minimum Gasteiger partial charge on any atom is -0.493 e. The first-order valence-corrected chi connectivity index (χ1v) is 9.19. The first-order chi connectivity index (χ1) is 12.8. The summed E-state index contributed by atoms with van der Waals surface area (Å²) in [4.78, 5) is 2.65. The average molecular weight is 351 g/mol. The highest BCUT2D eigenvalue weighted by Crippen LogP contribution is 2.57. The second-order valence-electron chi connectivity index (χ2n) is 7.64. The molecule has 4 heterocycles. The lowest BCUT2D eigenvalue weighted by molar-refractivity contribution is -0.0281. The van der Waals surface area contributed by atoms with Gasteiger partial charge in [-0.1, -0.05) is 0 Å². The van der Waals surface area contributed by atoms with Gasteiger partial charge in [-0.2, -0.15) is 0 Å². The van der Waals surface area contributed by atoms with Crippen LogP contribution in [0.1, 0.15) is 34.3 Å². The van der Waals surface area contributed by atoms with Crippen LogP contribution < -0.4 is 18.9 Å². The molecule has 1 unspecified atom stereocenters. The summed E-state index contributed by atoms with van der Waals surface area (Å²) in [5.41, 5.74) is 5.60. The van der Waals surface area contributed by atoms with Crippen LogP contribution >= 0.6 is 0 Å². The zero-order valence-electron chi connectivity index (χ0n) is 15.0. The maximum Gasteiger partial charge on any atom is 0.231 e. The van der Waals surface area contributed by atoms with E-state index in [2.05, 4.69) is 29.2 Å². The van der Waals surface area contributed by atoms with E-state index in [9.17, 15) is 0 Å². The number of ether oxygens (including phenoxy) is 4. The first kappa shape index (κ1) is 14.7. The first-order valence-electron chi connectivity index (χ1n) is 9.19. The van der Waals surface area contributed by atoms with Gasteiger partial charge in [-0.3, -0.25) is 4.90 Å². The normalized spacial score (nSPS) is 29.2. The monoisotopic (exact) mass is 351 g/mol. The molecule has 2 aromatic carbocycles. The highest BCUT2D eigenvalue weighted by atomic mass is 16.7. The molecule has 5 heteroatoms. The summed E-state index contributed by atoms with van der Waals surface area (Å²) in [7, 11) is 3.42. The Balaban J connectivity index is 1.50. The lowest BCUT2D eigenvalue weighted by atomic mass is 9.75. The third-order valence-electron chi connectivity index (χ3n) is 6.50. The molecule has 5 nitrogen and oxygen atoms in total. The predicted molar refractivity (Wildman–Crippen MR) is 95.2 cm³/mol. The Hall–Kier alpha value is -2.40. The summed E-state index contributed by atoms with van der Waals surface area (Å²) >= 11 is 0. The molecule has 1 fully saturated rings. The van der Waals surface area contributed by atoms with Gasteiger partial charge in [-0.25, -0.2) is 0 Å². The Kier molecular flexibility index (Phi) is 2.87. The van der Waals surface area contributed by atoms with Crippen LogP contribution in [0.25, 0.3) is 0 Å². The highest BCUT2D eigenvalue weighted by molar-refractivity contribution is 5.55. The molecule has 1 saturated heterocycles. The molecule has 0 N–H and O–H groups in total. The third-order valence-corrected chi connectivity index (χ3v) is 6.50. The summed E-state index contributed by atoms with van der Waals surface area (Å²) in [6.45, 7) is 1.49. The van der Waals surface area contributed by atoms with Crippen molar-refractivity contribution in [3.05, 3.63) is 46.5 Å². The summed E-state index contributed by atoms with van der Waals surface area (Å²) in [6, 6.07) is 9.65. The van der Waals surface area contributed by atoms with Crippen LogP contribution in [0.2, 0.25) is 0 Å². The van der Waals surface area contributed by atoms with Crippen molar-refractivity contribution >= 4 is 0 Å². The van der Waals surface area contributed by atoms with Gasteiger partial charge in [-0.15, -0.1) is 0 Å². The molecule has 0 amide bonds. The van der Waals surface area contributed by atoms with E-state index in [1.165, 1.54) is 22.3 Å². The molecule has 0 spiro atoms. The standard InChI is InChI=1S/C21H21NO4/c1-23-17-5-11-3-13-9-22-16(14(11)7-18(17)24-2)4-12-6-19-20(26-10-25-19)8-15(12)21(13)22/h5-8,13,16,21H,3-4,9-10H2,1-2H3/t13-,16+,21+/m1/s1. The van der Waals surface area contributed by atoms with Crippen molar-refractivity contribution in [1.29, 1.82) is 0 Å². The van der Waals surface area contributed by atoms with Crippen LogP contribution in [0, 0.1) is 5.92 Å². The molecule has 0 aliphatic carbocycles. The Bertz CT molecular complexity index is 925. The van der Waals surface area contributed by atoms with Crippen LogP contribution in [0.4, 0.5) is 0 Å². The molecule has 4 aliphatic rings. The van der Waals surface area contributed by atoms with E-state index < -0.39 is 0 Å². The van der Waals surface area contributed by atoms with E-state index in [-0.39, 0.29) is 0 Å². The summed E-state index contributed by atoms with van der Waals surface area (Å²) < 4.78 is 22.4. The maximum absolute atomic E-state index is 5.63. The Morgan fingerprint density at radius 2 is 1.62 bits per heavy atom. The average Bonchev–Trinajstić information content (AvgIpc) is 2.99. The molecule has 4 bridgehead atoms. The molecule has 134 valence electrons. The quantitative estimate of drug-likeness (QED) is 0.831. The maximum atomic E-state index is 5.63. The largest absolute Gasteiger partial charge is 0.493 e. The van der Waals surface area contributed by atoms with E-state index >= 15 is 0 Å². The number of fused-ring (bicyclic) bond motifs is 4. The number of hydrogen-bond donors (Lipinski definition) is 0. The fraction of sp³-hybridized carbons (Fsp3) is 0.429. The number of rotatable bonds is 2. The van der Waals surface area contributed by atoms with Crippen molar-refractivity contribution in [2.24, 2.45) is 5.92 Å². The van der Waals surface area contributed by atoms with Gasteiger partial charge >= 0.3 is 0 Å². The molecule has 4 aliphatic heterocycles. The lowest BCUT2D eigenvalue weighted by Crippen LogP contribution is -2.53. The number of methoxy groups -OCH3 is 2. The van der Waals surface area contributed by atoms with Crippen LogP contribution in [0.15, 0.2) is 24.3 Å². The topological polar surface area (TPSA) is 40.2 Å². The van der Waals surface area contributed by atoms with E-state index in [4.69, 9.17) is 18.9 Å².